The van der Waals surface area contributed by atoms with Crippen molar-refractivity contribution < 1.29 is 0 Å². The van der Waals surface area contributed by atoms with E-state index < -0.39 is 0 Å². The third-order valence-electron chi connectivity index (χ3n) is 3.38. The fourth-order valence-corrected chi connectivity index (χ4v) is 2.08. The first-order valence-electron chi connectivity index (χ1n) is 6.30. The standard InChI is InChI=1S/C15H16N4/c1-10-3-4-12(7-11(10)2)14-5-6-15-17-13(8-16)9-19(15)18-14/h3-7,9H,8,16H2,1-2H3. The van der Waals surface area contributed by atoms with Crippen LogP contribution in [0, 0.1) is 13.8 Å². The summed E-state index contributed by atoms with van der Waals surface area (Å²) in [5.74, 6) is 0. The Balaban J connectivity index is 2.11. The number of aromatic nitrogens is 3. The second kappa shape index (κ2) is 4.48. The van der Waals surface area contributed by atoms with E-state index in [2.05, 4.69) is 42.1 Å². The molecule has 1 aromatic carbocycles. The average molecular weight is 252 g/mol. The van der Waals surface area contributed by atoms with Crippen LogP contribution >= 0.6 is 0 Å². The highest BCUT2D eigenvalue weighted by Gasteiger charge is 2.05. The zero-order valence-corrected chi connectivity index (χ0v) is 11.1. The van der Waals surface area contributed by atoms with Crippen LogP contribution in [0.15, 0.2) is 36.5 Å². The van der Waals surface area contributed by atoms with Crippen LogP contribution in [0.25, 0.3) is 16.9 Å². The molecular weight excluding hydrogens is 236 g/mol. The van der Waals surface area contributed by atoms with Gasteiger partial charge in [0.25, 0.3) is 0 Å². The van der Waals surface area contributed by atoms with Crippen LogP contribution in [0.4, 0.5) is 0 Å². The summed E-state index contributed by atoms with van der Waals surface area (Å²) in [6.45, 7) is 4.66. The Labute approximate surface area is 111 Å². The summed E-state index contributed by atoms with van der Waals surface area (Å²) in [5, 5.41) is 4.58. The van der Waals surface area contributed by atoms with Crippen molar-refractivity contribution in [2.75, 3.05) is 0 Å². The molecule has 0 aliphatic heterocycles. The molecule has 0 amide bonds. The first-order valence-corrected chi connectivity index (χ1v) is 6.30. The average Bonchev–Trinajstić information content (AvgIpc) is 2.83. The quantitative estimate of drug-likeness (QED) is 0.762. The molecule has 2 heterocycles. The zero-order chi connectivity index (χ0) is 13.4. The number of rotatable bonds is 2. The molecule has 3 rings (SSSR count). The summed E-state index contributed by atoms with van der Waals surface area (Å²) in [5.41, 5.74) is 11.9. The lowest BCUT2D eigenvalue weighted by Gasteiger charge is -2.05. The summed E-state index contributed by atoms with van der Waals surface area (Å²) in [4.78, 5) is 4.37. The van der Waals surface area contributed by atoms with Crippen LogP contribution in [0.5, 0.6) is 0 Å². The molecule has 2 aromatic heterocycles. The first kappa shape index (κ1) is 11.9. The highest BCUT2D eigenvalue weighted by molar-refractivity contribution is 5.62. The maximum Gasteiger partial charge on any atom is 0.153 e. The minimum absolute atomic E-state index is 0.433. The van der Waals surface area contributed by atoms with Crippen LogP contribution in [-0.2, 0) is 6.54 Å². The smallest absolute Gasteiger partial charge is 0.153 e. The number of fused-ring (bicyclic) bond motifs is 1. The maximum atomic E-state index is 5.60. The number of hydrogen-bond donors (Lipinski definition) is 1. The van der Waals surface area contributed by atoms with Crippen molar-refractivity contribution in [3.8, 4) is 11.3 Å². The van der Waals surface area contributed by atoms with Gasteiger partial charge in [-0.3, -0.25) is 0 Å². The second-order valence-electron chi connectivity index (χ2n) is 4.76. The Kier molecular flexibility index (Phi) is 2.80. The molecule has 19 heavy (non-hydrogen) atoms. The SMILES string of the molecule is Cc1ccc(-c2ccc3nc(CN)cn3n2)cc1C. The number of imidazole rings is 1. The highest BCUT2D eigenvalue weighted by atomic mass is 15.2. The lowest BCUT2D eigenvalue weighted by Crippen LogP contribution is -1.95. The van der Waals surface area contributed by atoms with Gasteiger partial charge in [0.2, 0.25) is 0 Å². The third kappa shape index (κ3) is 2.11. The molecule has 0 saturated heterocycles. The predicted molar refractivity (Wildman–Crippen MR) is 75.8 cm³/mol. The van der Waals surface area contributed by atoms with E-state index in [9.17, 15) is 0 Å². The van der Waals surface area contributed by atoms with E-state index in [1.54, 1.807) is 4.52 Å². The molecule has 0 aliphatic rings. The molecule has 96 valence electrons. The minimum Gasteiger partial charge on any atom is -0.325 e. The lowest BCUT2D eigenvalue weighted by atomic mass is 10.0. The normalized spacial score (nSPS) is 11.1. The van der Waals surface area contributed by atoms with Gasteiger partial charge in [0, 0.05) is 12.1 Å². The molecule has 0 atom stereocenters. The number of hydrogen-bond acceptors (Lipinski definition) is 3. The first-order chi connectivity index (χ1) is 9.17. The largest absolute Gasteiger partial charge is 0.325 e. The van der Waals surface area contributed by atoms with E-state index in [4.69, 9.17) is 5.73 Å². The van der Waals surface area contributed by atoms with Gasteiger partial charge in [0.15, 0.2) is 5.65 Å². The van der Waals surface area contributed by atoms with Gasteiger partial charge in [-0.05, 0) is 43.2 Å². The van der Waals surface area contributed by atoms with E-state index >= 15 is 0 Å². The Morgan fingerprint density at radius 2 is 1.95 bits per heavy atom. The van der Waals surface area contributed by atoms with Gasteiger partial charge in [-0.15, -0.1) is 0 Å². The number of nitrogens with zero attached hydrogens (tertiary/aromatic N) is 3. The molecular formula is C15H16N4. The van der Waals surface area contributed by atoms with Crippen LogP contribution in [-0.4, -0.2) is 14.6 Å². The molecule has 3 aromatic rings. The van der Waals surface area contributed by atoms with Gasteiger partial charge in [-0.25, -0.2) is 9.50 Å². The summed E-state index contributed by atoms with van der Waals surface area (Å²) >= 11 is 0. The van der Waals surface area contributed by atoms with Gasteiger partial charge in [0.1, 0.15) is 0 Å². The summed E-state index contributed by atoms with van der Waals surface area (Å²) in [7, 11) is 0. The Hall–Kier alpha value is -2.20. The molecule has 2 N–H and O–H groups in total. The highest BCUT2D eigenvalue weighted by Crippen LogP contribution is 2.20. The van der Waals surface area contributed by atoms with Crippen molar-refractivity contribution >= 4 is 5.65 Å². The topological polar surface area (TPSA) is 56.2 Å². The fourth-order valence-electron chi connectivity index (χ4n) is 2.08. The van der Waals surface area contributed by atoms with Gasteiger partial charge in [-0.2, -0.15) is 5.10 Å². The van der Waals surface area contributed by atoms with Gasteiger partial charge < -0.3 is 5.73 Å². The zero-order valence-electron chi connectivity index (χ0n) is 11.1. The maximum absolute atomic E-state index is 5.60. The molecule has 0 fully saturated rings. The molecule has 0 radical (unpaired) electrons. The number of benzene rings is 1. The van der Waals surface area contributed by atoms with Gasteiger partial charge in [0.05, 0.1) is 17.6 Å². The number of nitrogens with two attached hydrogens (primary N) is 1. The Bertz CT molecular complexity index is 743. The van der Waals surface area contributed by atoms with E-state index in [1.807, 2.05) is 18.3 Å². The molecule has 0 saturated carbocycles. The summed E-state index contributed by atoms with van der Waals surface area (Å²) < 4.78 is 1.78. The molecule has 0 aliphatic carbocycles. The van der Waals surface area contributed by atoms with Crippen molar-refractivity contribution in [1.82, 2.24) is 14.6 Å². The van der Waals surface area contributed by atoms with E-state index in [1.165, 1.54) is 11.1 Å². The summed E-state index contributed by atoms with van der Waals surface area (Å²) in [6, 6.07) is 10.3. The van der Waals surface area contributed by atoms with Crippen LogP contribution < -0.4 is 5.73 Å². The van der Waals surface area contributed by atoms with Crippen molar-refractivity contribution in [2.45, 2.75) is 20.4 Å². The Morgan fingerprint density at radius 3 is 2.68 bits per heavy atom. The molecule has 0 unspecified atom stereocenters. The van der Waals surface area contributed by atoms with Crippen molar-refractivity contribution in [3.05, 3.63) is 53.3 Å². The van der Waals surface area contributed by atoms with E-state index in [0.29, 0.717) is 6.54 Å². The summed E-state index contributed by atoms with van der Waals surface area (Å²) in [6.07, 6.45) is 1.87. The van der Waals surface area contributed by atoms with Crippen LogP contribution in [0.2, 0.25) is 0 Å². The van der Waals surface area contributed by atoms with Gasteiger partial charge >= 0.3 is 0 Å². The van der Waals surface area contributed by atoms with E-state index in [-0.39, 0.29) is 0 Å². The van der Waals surface area contributed by atoms with Crippen molar-refractivity contribution in [3.63, 3.8) is 0 Å². The minimum atomic E-state index is 0.433. The lowest BCUT2D eigenvalue weighted by molar-refractivity contribution is 0.934. The van der Waals surface area contributed by atoms with Gasteiger partial charge in [-0.1, -0.05) is 12.1 Å². The Morgan fingerprint density at radius 1 is 1.11 bits per heavy atom. The van der Waals surface area contributed by atoms with Crippen molar-refractivity contribution in [2.24, 2.45) is 5.73 Å². The second-order valence-corrected chi connectivity index (χ2v) is 4.76. The third-order valence-corrected chi connectivity index (χ3v) is 3.38. The van der Waals surface area contributed by atoms with Crippen LogP contribution in [0.1, 0.15) is 16.8 Å². The van der Waals surface area contributed by atoms with Crippen LogP contribution in [0.3, 0.4) is 0 Å². The predicted octanol–water partition coefficient (Wildman–Crippen LogP) is 2.47. The van der Waals surface area contributed by atoms with Crippen molar-refractivity contribution in [1.29, 1.82) is 0 Å². The molecule has 4 nitrogen and oxygen atoms in total. The number of aryl methyl sites for hydroxylation is 2. The molecule has 0 bridgehead atoms. The fraction of sp³-hybridized carbons (Fsp3) is 0.200. The molecule has 4 heteroatoms. The van der Waals surface area contributed by atoms with E-state index in [0.717, 1.165) is 22.6 Å². The monoisotopic (exact) mass is 252 g/mol. The molecule has 0 spiro atoms.